The Morgan fingerprint density at radius 1 is 1.38 bits per heavy atom. The van der Waals surface area contributed by atoms with Crippen molar-refractivity contribution in [2.45, 2.75) is 31.7 Å². The number of esters is 1. The van der Waals surface area contributed by atoms with Crippen LogP contribution in [0.2, 0.25) is 0 Å². The van der Waals surface area contributed by atoms with Crippen LogP contribution in [-0.4, -0.2) is 37.2 Å². The zero-order valence-corrected chi connectivity index (χ0v) is 10.7. The summed E-state index contributed by atoms with van der Waals surface area (Å²) in [7, 11) is 1.48. The molecule has 0 aromatic carbocycles. The minimum atomic E-state index is -0.0762. The second-order valence-corrected chi connectivity index (χ2v) is 6.03. The first kappa shape index (κ1) is 12.2. The topological polar surface area (TPSA) is 38.3 Å². The van der Waals surface area contributed by atoms with Crippen LogP contribution in [0.3, 0.4) is 0 Å². The molecule has 0 spiro atoms. The molecule has 0 radical (unpaired) electrons. The van der Waals surface area contributed by atoms with Crippen molar-refractivity contribution in [1.82, 2.24) is 5.32 Å². The van der Waals surface area contributed by atoms with Crippen molar-refractivity contribution < 1.29 is 9.53 Å². The maximum absolute atomic E-state index is 11.6. The van der Waals surface area contributed by atoms with E-state index in [4.69, 9.17) is 4.74 Å². The van der Waals surface area contributed by atoms with Crippen LogP contribution >= 0.6 is 11.8 Å². The van der Waals surface area contributed by atoms with Gasteiger partial charge in [0.15, 0.2) is 0 Å². The fraction of sp³-hybridized carbons (Fsp3) is 0.917. The lowest BCUT2D eigenvalue weighted by molar-refractivity contribution is -0.143. The van der Waals surface area contributed by atoms with Crippen LogP contribution in [0, 0.1) is 11.8 Å². The van der Waals surface area contributed by atoms with Gasteiger partial charge in [-0.25, -0.2) is 0 Å². The van der Waals surface area contributed by atoms with Gasteiger partial charge >= 0.3 is 5.97 Å². The molecule has 1 aliphatic heterocycles. The van der Waals surface area contributed by atoms with E-state index in [1.54, 1.807) is 0 Å². The lowest BCUT2D eigenvalue weighted by Gasteiger charge is -2.24. The molecule has 0 bridgehead atoms. The molecule has 1 atom stereocenters. The molecule has 1 saturated heterocycles. The van der Waals surface area contributed by atoms with Gasteiger partial charge < -0.3 is 10.1 Å². The molecule has 3 nitrogen and oxygen atoms in total. The van der Waals surface area contributed by atoms with Crippen LogP contribution in [0.15, 0.2) is 0 Å². The second kappa shape index (κ2) is 5.92. The van der Waals surface area contributed by atoms with Crippen LogP contribution in [0.25, 0.3) is 0 Å². The fourth-order valence-corrected chi connectivity index (χ4v) is 3.45. The maximum Gasteiger partial charge on any atom is 0.323 e. The summed E-state index contributed by atoms with van der Waals surface area (Å²) in [6.45, 7) is 0.983. The average Bonchev–Trinajstić information content (AvgIpc) is 3.15. The molecule has 92 valence electrons. The molecule has 2 fully saturated rings. The molecule has 4 heteroatoms. The number of methoxy groups -OCH3 is 1. The van der Waals surface area contributed by atoms with Gasteiger partial charge in [0, 0.05) is 0 Å². The molecular formula is C12H21NO2S. The van der Waals surface area contributed by atoms with E-state index in [0.717, 1.165) is 12.5 Å². The van der Waals surface area contributed by atoms with E-state index in [2.05, 4.69) is 5.32 Å². The summed E-state index contributed by atoms with van der Waals surface area (Å²) in [6.07, 6.45) is 4.92. The summed E-state index contributed by atoms with van der Waals surface area (Å²) in [5.41, 5.74) is 0. The van der Waals surface area contributed by atoms with Crippen molar-refractivity contribution in [3.8, 4) is 0 Å². The molecule has 0 amide bonds. The Morgan fingerprint density at radius 2 is 2.06 bits per heavy atom. The van der Waals surface area contributed by atoms with E-state index in [0.29, 0.717) is 5.92 Å². The Labute approximate surface area is 102 Å². The van der Waals surface area contributed by atoms with Crippen LogP contribution in [-0.2, 0) is 9.53 Å². The first-order valence-electron chi connectivity index (χ1n) is 6.20. The predicted molar refractivity (Wildman–Crippen MR) is 66.6 cm³/mol. The molecule has 1 unspecified atom stereocenters. The summed E-state index contributed by atoms with van der Waals surface area (Å²) >= 11 is 2.04. The van der Waals surface area contributed by atoms with Crippen LogP contribution in [0.1, 0.15) is 25.7 Å². The van der Waals surface area contributed by atoms with E-state index in [1.165, 1.54) is 44.3 Å². The molecule has 1 aliphatic carbocycles. The number of carbonyl (C=O) groups is 1. The van der Waals surface area contributed by atoms with Crippen molar-refractivity contribution >= 4 is 17.7 Å². The monoisotopic (exact) mass is 243 g/mol. The highest BCUT2D eigenvalue weighted by molar-refractivity contribution is 7.99. The third kappa shape index (κ3) is 3.39. The molecule has 1 saturated carbocycles. The Balaban J connectivity index is 1.74. The summed E-state index contributed by atoms with van der Waals surface area (Å²) in [5.74, 6) is 3.77. The normalized spacial score (nSPS) is 24.1. The Kier molecular flexibility index (Phi) is 4.53. The third-order valence-electron chi connectivity index (χ3n) is 3.52. The van der Waals surface area contributed by atoms with Gasteiger partial charge in [-0.1, -0.05) is 0 Å². The van der Waals surface area contributed by atoms with Gasteiger partial charge in [-0.3, -0.25) is 4.79 Å². The van der Waals surface area contributed by atoms with E-state index in [1.807, 2.05) is 11.8 Å². The number of hydrogen-bond donors (Lipinski definition) is 1. The summed E-state index contributed by atoms with van der Waals surface area (Å²) in [6, 6.07) is -0.0421. The third-order valence-corrected chi connectivity index (χ3v) is 4.56. The van der Waals surface area contributed by atoms with Gasteiger partial charge in [0.2, 0.25) is 0 Å². The predicted octanol–water partition coefficient (Wildman–Crippen LogP) is 1.67. The van der Waals surface area contributed by atoms with Gasteiger partial charge in [0.25, 0.3) is 0 Å². The van der Waals surface area contributed by atoms with Crippen molar-refractivity contribution in [2.75, 3.05) is 25.2 Å². The van der Waals surface area contributed by atoms with Crippen LogP contribution in [0.5, 0.6) is 0 Å². The summed E-state index contributed by atoms with van der Waals surface area (Å²) < 4.78 is 4.85. The number of ether oxygens (including phenoxy) is 1. The van der Waals surface area contributed by atoms with E-state index < -0.39 is 0 Å². The number of rotatable bonds is 5. The molecular weight excluding hydrogens is 222 g/mol. The summed E-state index contributed by atoms with van der Waals surface area (Å²) in [4.78, 5) is 11.6. The lowest BCUT2D eigenvalue weighted by Crippen LogP contribution is -2.42. The van der Waals surface area contributed by atoms with Crippen molar-refractivity contribution in [3.63, 3.8) is 0 Å². The Morgan fingerprint density at radius 3 is 2.62 bits per heavy atom. The molecule has 1 heterocycles. The number of carbonyl (C=O) groups excluding carboxylic acids is 1. The minimum Gasteiger partial charge on any atom is -0.468 e. The molecule has 2 aliphatic rings. The zero-order valence-electron chi connectivity index (χ0n) is 9.91. The second-order valence-electron chi connectivity index (χ2n) is 4.80. The number of nitrogens with one attached hydrogen (secondary N) is 1. The average molecular weight is 243 g/mol. The Hall–Kier alpha value is -0.220. The minimum absolute atomic E-state index is 0.0421. The fourth-order valence-electron chi connectivity index (χ4n) is 2.24. The largest absolute Gasteiger partial charge is 0.468 e. The van der Waals surface area contributed by atoms with Gasteiger partial charge in [-0.2, -0.15) is 11.8 Å². The molecule has 1 N–H and O–H groups in total. The van der Waals surface area contributed by atoms with Gasteiger partial charge in [0.05, 0.1) is 7.11 Å². The highest BCUT2D eigenvalue weighted by atomic mass is 32.2. The number of hydrogen-bond acceptors (Lipinski definition) is 4. The van der Waals surface area contributed by atoms with Crippen molar-refractivity contribution in [2.24, 2.45) is 11.8 Å². The van der Waals surface area contributed by atoms with E-state index in [9.17, 15) is 4.79 Å². The zero-order chi connectivity index (χ0) is 11.4. The van der Waals surface area contributed by atoms with Crippen LogP contribution in [0.4, 0.5) is 0 Å². The maximum atomic E-state index is 11.6. The SMILES string of the molecule is COC(=O)C(NCC1CCSCC1)C1CC1. The van der Waals surface area contributed by atoms with Crippen LogP contribution < -0.4 is 5.32 Å². The van der Waals surface area contributed by atoms with Crippen molar-refractivity contribution in [3.05, 3.63) is 0 Å². The summed E-state index contributed by atoms with van der Waals surface area (Å²) in [5, 5.41) is 3.42. The first-order chi connectivity index (χ1) is 7.81. The lowest BCUT2D eigenvalue weighted by atomic mass is 10.0. The van der Waals surface area contributed by atoms with Crippen molar-refractivity contribution in [1.29, 1.82) is 0 Å². The molecule has 0 aromatic heterocycles. The molecule has 0 aromatic rings. The van der Waals surface area contributed by atoms with E-state index >= 15 is 0 Å². The standard InChI is InChI=1S/C12H21NO2S/c1-15-12(14)11(10-2-3-10)13-8-9-4-6-16-7-5-9/h9-11,13H,2-8H2,1H3. The van der Waals surface area contributed by atoms with Gasteiger partial charge in [0.1, 0.15) is 6.04 Å². The van der Waals surface area contributed by atoms with Gasteiger partial charge in [-0.05, 0) is 55.6 Å². The highest BCUT2D eigenvalue weighted by Gasteiger charge is 2.36. The quantitative estimate of drug-likeness (QED) is 0.746. The molecule has 16 heavy (non-hydrogen) atoms. The highest BCUT2D eigenvalue weighted by Crippen LogP contribution is 2.33. The Bertz CT molecular complexity index is 237. The number of thioether (sulfide) groups is 1. The smallest absolute Gasteiger partial charge is 0.323 e. The molecule has 2 rings (SSSR count). The van der Waals surface area contributed by atoms with Gasteiger partial charge in [-0.15, -0.1) is 0 Å². The first-order valence-corrected chi connectivity index (χ1v) is 7.35. The van der Waals surface area contributed by atoms with E-state index in [-0.39, 0.29) is 12.0 Å².